The van der Waals surface area contributed by atoms with Gasteiger partial charge in [0.1, 0.15) is 0 Å². The van der Waals surface area contributed by atoms with E-state index in [0.717, 1.165) is 37.4 Å². The zero-order valence-electron chi connectivity index (χ0n) is 17.7. The third-order valence-corrected chi connectivity index (χ3v) is 7.93. The Hall–Kier alpha value is -2.10. The minimum Gasteiger partial charge on any atom is -0.309 e. The highest BCUT2D eigenvalue weighted by molar-refractivity contribution is 9.10. The number of hydrogen-bond donors (Lipinski definition) is 0. The molecule has 0 aliphatic carbocycles. The second kappa shape index (κ2) is 9.80. The van der Waals surface area contributed by atoms with Crippen molar-refractivity contribution in [3.63, 3.8) is 0 Å². The molecule has 0 bridgehead atoms. The summed E-state index contributed by atoms with van der Waals surface area (Å²) in [6.45, 7) is 2.77. The van der Waals surface area contributed by atoms with Gasteiger partial charge in [-0.15, -0.1) is 0 Å². The van der Waals surface area contributed by atoms with E-state index in [1.165, 1.54) is 9.13 Å². The van der Waals surface area contributed by atoms with Crippen LogP contribution in [0.15, 0.2) is 72.2 Å². The highest BCUT2D eigenvalue weighted by Gasteiger charge is 2.21. The van der Waals surface area contributed by atoms with Crippen molar-refractivity contribution in [3.05, 3.63) is 89.4 Å². The maximum absolute atomic E-state index is 13.7. The molecule has 0 aliphatic heterocycles. The van der Waals surface area contributed by atoms with Gasteiger partial charge in [0.2, 0.25) is 0 Å². The van der Waals surface area contributed by atoms with Crippen molar-refractivity contribution in [2.45, 2.75) is 31.6 Å². The zero-order valence-corrected chi connectivity index (χ0v) is 21.7. The Bertz CT molecular complexity index is 1410. The number of aromatic nitrogens is 4. The van der Waals surface area contributed by atoms with Gasteiger partial charge < -0.3 is 4.57 Å². The largest absolute Gasteiger partial charge is 0.332 e. The SMILES string of the molecule is CCCSc1nc2c(c(=O)n(Cc3ccccc3Br)c(=O)n2C)n1Cc1ccccc1Br. The van der Waals surface area contributed by atoms with Gasteiger partial charge in [0.15, 0.2) is 16.3 Å². The Kier molecular flexibility index (Phi) is 7.07. The van der Waals surface area contributed by atoms with Crippen LogP contribution >= 0.6 is 43.6 Å². The van der Waals surface area contributed by atoms with Crippen LogP contribution in [0.1, 0.15) is 24.5 Å². The lowest BCUT2D eigenvalue weighted by molar-refractivity contribution is 0.650. The number of rotatable bonds is 7. The smallest absolute Gasteiger partial charge is 0.309 e. The standard InChI is InChI=1S/C23H22Br2N4O2S/c1-3-12-32-22-26-20-19(28(22)13-15-8-4-6-10-17(15)24)21(30)29(23(31)27(20)2)14-16-9-5-7-11-18(16)25/h4-11H,3,12-14H2,1-2H3. The van der Waals surface area contributed by atoms with Crippen molar-refractivity contribution in [1.82, 2.24) is 18.7 Å². The second-order valence-electron chi connectivity index (χ2n) is 7.42. The molecule has 32 heavy (non-hydrogen) atoms. The quantitative estimate of drug-likeness (QED) is 0.289. The third kappa shape index (κ3) is 4.38. The fourth-order valence-corrected chi connectivity index (χ4v) is 5.20. The van der Waals surface area contributed by atoms with Gasteiger partial charge in [0.05, 0.1) is 13.1 Å². The summed E-state index contributed by atoms with van der Waals surface area (Å²) >= 11 is 8.73. The van der Waals surface area contributed by atoms with E-state index in [4.69, 9.17) is 4.98 Å². The van der Waals surface area contributed by atoms with Gasteiger partial charge in [-0.3, -0.25) is 13.9 Å². The van der Waals surface area contributed by atoms with Gasteiger partial charge in [-0.25, -0.2) is 9.78 Å². The van der Waals surface area contributed by atoms with E-state index < -0.39 is 0 Å². The van der Waals surface area contributed by atoms with Crippen LogP contribution in [0.2, 0.25) is 0 Å². The summed E-state index contributed by atoms with van der Waals surface area (Å²) in [7, 11) is 1.67. The molecule has 0 radical (unpaired) electrons. The molecule has 0 aliphatic rings. The molecule has 2 heterocycles. The van der Waals surface area contributed by atoms with Crippen molar-refractivity contribution in [3.8, 4) is 0 Å². The molecular weight excluding hydrogens is 556 g/mol. The number of halogens is 2. The van der Waals surface area contributed by atoms with Crippen LogP contribution in [-0.4, -0.2) is 24.4 Å². The average Bonchev–Trinajstić information content (AvgIpc) is 3.15. The van der Waals surface area contributed by atoms with Crippen LogP contribution in [0.3, 0.4) is 0 Å². The molecule has 0 unspecified atom stereocenters. The van der Waals surface area contributed by atoms with E-state index in [9.17, 15) is 9.59 Å². The van der Waals surface area contributed by atoms with E-state index in [1.807, 2.05) is 53.1 Å². The summed E-state index contributed by atoms with van der Waals surface area (Å²) in [4.78, 5) is 31.5. The van der Waals surface area contributed by atoms with Crippen LogP contribution < -0.4 is 11.2 Å². The molecule has 0 saturated carbocycles. The third-order valence-electron chi connectivity index (χ3n) is 5.21. The van der Waals surface area contributed by atoms with E-state index in [1.54, 1.807) is 18.8 Å². The Morgan fingerprint density at radius 2 is 1.47 bits per heavy atom. The summed E-state index contributed by atoms with van der Waals surface area (Å²) in [5.74, 6) is 0.873. The first-order valence-corrected chi connectivity index (χ1v) is 12.8. The lowest BCUT2D eigenvalue weighted by Gasteiger charge is -2.12. The summed E-state index contributed by atoms with van der Waals surface area (Å²) in [6.07, 6.45) is 0.980. The molecule has 0 atom stereocenters. The average molecular weight is 578 g/mol. The number of aryl methyl sites for hydroxylation is 1. The summed E-state index contributed by atoms with van der Waals surface area (Å²) in [5, 5.41) is 0.739. The van der Waals surface area contributed by atoms with Crippen molar-refractivity contribution in [1.29, 1.82) is 0 Å². The normalized spacial score (nSPS) is 11.4. The predicted octanol–water partition coefficient (Wildman–Crippen LogP) is 5.02. The molecule has 166 valence electrons. The van der Waals surface area contributed by atoms with Crippen LogP contribution in [-0.2, 0) is 20.1 Å². The first-order valence-electron chi connectivity index (χ1n) is 10.2. The summed E-state index contributed by atoms with van der Waals surface area (Å²) in [6, 6.07) is 15.5. The van der Waals surface area contributed by atoms with Crippen LogP contribution in [0.4, 0.5) is 0 Å². The van der Waals surface area contributed by atoms with Gasteiger partial charge >= 0.3 is 5.69 Å². The summed E-state index contributed by atoms with van der Waals surface area (Å²) < 4.78 is 6.52. The van der Waals surface area contributed by atoms with E-state index in [0.29, 0.717) is 17.7 Å². The first-order chi connectivity index (χ1) is 15.4. The molecule has 6 nitrogen and oxygen atoms in total. The highest BCUT2D eigenvalue weighted by Crippen LogP contribution is 2.26. The molecular formula is C23H22Br2N4O2S. The predicted molar refractivity (Wildman–Crippen MR) is 137 cm³/mol. The number of imidazole rings is 1. The molecule has 0 saturated heterocycles. The van der Waals surface area contributed by atoms with Crippen molar-refractivity contribution in [2.75, 3.05) is 5.75 Å². The monoisotopic (exact) mass is 576 g/mol. The van der Waals surface area contributed by atoms with E-state index >= 15 is 0 Å². The number of nitrogens with zero attached hydrogens (tertiary/aromatic N) is 4. The molecule has 2 aromatic carbocycles. The molecule has 2 aromatic heterocycles. The molecule has 4 aromatic rings. The molecule has 4 rings (SSSR count). The fraction of sp³-hybridized carbons (Fsp3) is 0.261. The lowest BCUT2D eigenvalue weighted by atomic mass is 10.2. The number of benzene rings is 2. The molecule has 0 amide bonds. The van der Waals surface area contributed by atoms with Crippen LogP contribution in [0.25, 0.3) is 11.2 Å². The maximum Gasteiger partial charge on any atom is 0.332 e. The van der Waals surface area contributed by atoms with E-state index in [2.05, 4.69) is 38.8 Å². The fourth-order valence-electron chi connectivity index (χ4n) is 3.54. The highest BCUT2D eigenvalue weighted by atomic mass is 79.9. The number of thioether (sulfide) groups is 1. The lowest BCUT2D eigenvalue weighted by Crippen LogP contribution is -2.40. The Balaban J connectivity index is 1.95. The van der Waals surface area contributed by atoms with Crippen molar-refractivity contribution >= 4 is 54.8 Å². The van der Waals surface area contributed by atoms with Gasteiger partial charge in [-0.2, -0.15) is 0 Å². The van der Waals surface area contributed by atoms with Gasteiger partial charge in [-0.1, -0.05) is 86.9 Å². The maximum atomic E-state index is 13.7. The van der Waals surface area contributed by atoms with Gasteiger partial charge in [0.25, 0.3) is 5.56 Å². The number of fused-ring (bicyclic) bond motifs is 1. The molecule has 9 heteroatoms. The van der Waals surface area contributed by atoms with E-state index in [-0.39, 0.29) is 17.8 Å². The minimum atomic E-state index is -0.379. The molecule has 0 N–H and O–H groups in total. The topological polar surface area (TPSA) is 61.8 Å². The van der Waals surface area contributed by atoms with Crippen molar-refractivity contribution < 1.29 is 0 Å². The van der Waals surface area contributed by atoms with Crippen LogP contribution in [0, 0.1) is 0 Å². The minimum absolute atomic E-state index is 0.181. The Morgan fingerprint density at radius 3 is 2.03 bits per heavy atom. The van der Waals surface area contributed by atoms with Crippen molar-refractivity contribution in [2.24, 2.45) is 7.05 Å². The summed E-state index contributed by atoms with van der Waals surface area (Å²) in [5.41, 5.74) is 2.04. The van der Waals surface area contributed by atoms with Crippen LogP contribution in [0.5, 0.6) is 0 Å². The number of hydrogen-bond acceptors (Lipinski definition) is 4. The Morgan fingerprint density at radius 1 is 0.906 bits per heavy atom. The molecule has 0 spiro atoms. The van der Waals surface area contributed by atoms with Gasteiger partial charge in [-0.05, 0) is 29.7 Å². The zero-order chi connectivity index (χ0) is 22.8. The Labute approximate surface area is 206 Å². The first kappa shape index (κ1) is 23.1. The molecule has 0 fully saturated rings. The second-order valence-corrected chi connectivity index (χ2v) is 10.2. The van der Waals surface area contributed by atoms with Gasteiger partial charge in [0, 0.05) is 21.7 Å².